The third kappa shape index (κ3) is 4.07. The predicted molar refractivity (Wildman–Crippen MR) is 78.8 cm³/mol. The molecule has 1 saturated heterocycles. The van der Waals surface area contributed by atoms with Gasteiger partial charge in [0.2, 0.25) is 5.91 Å². The Morgan fingerprint density at radius 3 is 2.67 bits per heavy atom. The summed E-state index contributed by atoms with van der Waals surface area (Å²) in [6, 6.07) is 2.04. The Bertz CT molecular complexity index is 386. The minimum absolute atomic E-state index is 0.240. The van der Waals surface area contributed by atoms with Crippen LogP contribution in [0.15, 0.2) is 15.9 Å². The topological polar surface area (TPSA) is 32.3 Å². The van der Waals surface area contributed by atoms with Crippen molar-refractivity contribution in [1.82, 2.24) is 10.2 Å². The fraction of sp³-hybridized carbons (Fsp3) is 0.615. The van der Waals surface area contributed by atoms with E-state index in [4.69, 9.17) is 0 Å². The minimum Gasteiger partial charge on any atom is -0.342 e. The van der Waals surface area contributed by atoms with Gasteiger partial charge in [-0.2, -0.15) is 0 Å². The van der Waals surface area contributed by atoms with Crippen molar-refractivity contribution in [3.05, 3.63) is 20.8 Å². The highest BCUT2D eigenvalue weighted by Gasteiger charge is 2.14. The molecule has 2 rings (SSSR count). The van der Waals surface area contributed by atoms with E-state index < -0.39 is 0 Å². The first-order chi connectivity index (χ1) is 8.77. The van der Waals surface area contributed by atoms with E-state index in [0.717, 1.165) is 36.9 Å². The smallest absolute Gasteiger partial charge is 0.236 e. The molecule has 0 atom stereocenters. The highest BCUT2D eigenvalue weighted by atomic mass is 79.9. The first kappa shape index (κ1) is 14.0. The van der Waals surface area contributed by atoms with Crippen molar-refractivity contribution in [3.8, 4) is 0 Å². The van der Waals surface area contributed by atoms with Crippen LogP contribution in [0.4, 0.5) is 0 Å². The van der Waals surface area contributed by atoms with Crippen molar-refractivity contribution in [2.75, 3.05) is 19.6 Å². The molecule has 0 aliphatic carbocycles. The molecule has 1 aromatic heterocycles. The zero-order chi connectivity index (χ0) is 12.8. The zero-order valence-corrected chi connectivity index (χ0v) is 12.9. The molecular formula is C13H19BrN2OS. The SMILES string of the molecule is O=C(CNCc1sccc1Br)N1CCCCCC1. The number of carbonyl (C=O) groups excluding carboxylic acids is 1. The normalized spacial score (nSPS) is 16.6. The number of amides is 1. The molecule has 1 fully saturated rings. The van der Waals surface area contributed by atoms with E-state index in [-0.39, 0.29) is 5.91 Å². The molecule has 0 saturated carbocycles. The highest BCUT2D eigenvalue weighted by Crippen LogP contribution is 2.22. The van der Waals surface area contributed by atoms with Gasteiger partial charge in [0.1, 0.15) is 0 Å². The highest BCUT2D eigenvalue weighted by molar-refractivity contribution is 9.10. The van der Waals surface area contributed by atoms with Crippen LogP contribution in [0.3, 0.4) is 0 Å². The average Bonchev–Trinajstić information content (AvgIpc) is 2.64. The predicted octanol–water partition coefficient (Wildman–Crippen LogP) is 3.00. The van der Waals surface area contributed by atoms with Crippen LogP contribution in [0, 0.1) is 0 Å². The maximum absolute atomic E-state index is 12.0. The summed E-state index contributed by atoms with van der Waals surface area (Å²) in [5.74, 6) is 0.240. The largest absolute Gasteiger partial charge is 0.342 e. The van der Waals surface area contributed by atoms with Crippen molar-refractivity contribution < 1.29 is 4.79 Å². The maximum Gasteiger partial charge on any atom is 0.236 e. The van der Waals surface area contributed by atoms with Crippen LogP contribution in [0.25, 0.3) is 0 Å². The zero-order valence-electron chi connectivity index (χ0n) is 10.5. The van der Waals surface area contributed by atoms with E-state index in [1.165, 1.54) is 17.7 Å². The van der Waals surface area contributed by atoms with Gasteiger partial charge in [-0.1, -0.05) is 12.8 Å². The van der Waals surface area contributed by atoms with E-state index in [2.05, 4.69) is 26.6 Å². The molecule has 100 valence electrons. The fourth-order valence-electron chi connectivity index (χ4n) is 2.17. The van der Waals surface area contributed by atoms with Gasteiger partial charge >= 0.3 is 0 Å². The van der Waals surface area contributed by atoms with Gasteiger partial charge in [-0.25, -0.2) is 0 Å². The molecule has 1 aromatic rings. The number of carbonyl (C=O) groups is 1. The molecule has 0 unspecified atom stereocenters. The molecule has 1 N–H and O–H groups in total. The lowest BCUT2D eigenvalue weighted by Gasteiger charge is -2.20. The van der Waals surface area contributed by atoms with E-state index in [9.17, 15) is 4.79 Å². The Morgan fingerprint density at radius 1 is 1.33 bits per heavy atom. The van der Waals surface area contributed by atoms with Gasteiger partial charge in [0.15, 0.2) is 0 Å². The van der Waals surface area contributed by atoms with Crippen LogP contribution in [-0.4, -0.2) is 30.4 Å². The van der Waals surface area contributed by atoms with Crippen molar-refractivity contribution in [3.63, 3.8) is 0 Å². The number of halogens is 1. The molecule has 0 aromatic carbocycles. The number of nitrogens with one attached hydrogen (secondary N) is 1. The fourth-order valence-corrected chi connectivity index (χ4v) is 3.63. The summed E-state index contributed by atoms with van der Waals surface area (Å²) >= 11 is 5.20. The second-order valence-electron chi connectivity index (χ2n) is 4.59. The standard InChI is InChI=1S/C13H19BrN2OS/c14-11-5-8-18-12(11)9-15-10-13(17)16-6-3-1-2-4-7-16/h5,8,15H,1-4,6-7,9-10H2. The Kier molecular flexibility index (Phi) is 5.66. The number of hydrogen-bond donors (Lipinski definition) is 1. The van der Waals surface area contributed by atoms with Crippen LogP contribution >= 0.6 is 27.3 Å². The molecule has 1 aliphatic rings. The molecule has 0 bridgehead atoms. The van der Waals surface area contributed by atoms with Crippen molar-refractivity contribution >= 4 is 33.2 Å². The summed E-state index contributed by atoms with van der Waals surface area (Å²) in [6.07, 6.45) is 4.84. The quantitative estimate of drug-likeness (QED) is 0.920. The summed E-state index contributed by atoms with van der Waals surface area (Å²) in [5.41, 5.74) is 0. The second-order valence-corrected chi connectivity index (χ2v) is 6.45. The molecule has 2 heterocycles. The molecule has 1 amide bonds. The third-order valence-corrected chi connectivity index (χ3v) is 5.14. The summed E-state index contributed by atoms with van der Waals surface area (Å²) in [4.78, 5) is 15.3. The van der Waals surface area contributed by atoms with Gasteiger partial charge in [-0.3, -0.25) is 4.79 Å². The Hall–Kier alpha value is -0.390. The number of nitrogens with zero attached hydrogens (tertiary/aromatic N) is 1. The molecule has 5 heteroatoms. The molecule has 18 heavy (non-hydrogen) atoms. The van der Waals surface area contributed by atoms with Gasteiger partial charge in [0, 0.05) is 29.0 Å². The third-order valence-electron chi connectivity index (χ3n) is 3.21. The number of thiophene rings is 1. The average molecular weight is 331 g/mol. The Morgan fingerprint density at radius 2 is 2.06 bits per heavy atom. The minimum atomic E-state index is 0.240. The molecule has 0 spiro atoms. The van der Waals surface area contributed by atoms with Crippen LogP contribution in [0.5, 0.6) is 0 Å². The summed E-state index contributed by atoms with van der Waals surface area (Å²) in [7, 11) is 0. The van der Waals surface area contributed by atoms with Gasteiger partial charge < -0.3 is 10.2 Å². The summed E-state index contributed by atoms with van der Waals surface area (Å²) < 4.78 is 1.13. The lowest BCUT2D eigenvalue weighted by atomic mass is 10.2. The van der Waals surface area contributed by atoms with Crippen LogP contribution in [0.1, 0.15) is 30.6 Å². The number of rotatable bonds is 4. The summed E-state index contributed by atoms with van der Waals surface area (Å²) in [6.45, 7) is 3.08. The Balaban J connectivity index is 1.72. The van der Waals surface area contributed by atoms with Crippen molar-refractivity contribution in [2.45, 2.75) is 32.2 Å². The number of hydrogen-bond acceptors (Lipinski definition) is 3. The molecule has 0 radical (unpaired) electrons. The van der Waals surface area contributed by atoms with Crippen LogP contribution in [0.2, 0.25) is 0 Å². The second kappa shape index (κ2) is 7.26. The van der Waals surface area contributed by atoms with Gasteiger partial charge in [0.25, 0.3) is 0 Å². The maximum atomic E-state index is 12.0. The summed E-state index contributed by atoms with van der Waals surface area (Å²) in [5, 5.41) is 5.29. The van der Waals surface area contributed by atoms with E-state index in [1.54, 1.807) is 11.3 Å². The van der Waals surface area contributed by atoms with E-state index in [0.29, 0.717) is 6.54 Å². The molecular weight excluding hydrogens is 312 g/mol. The molecule has 1 aliphatic heterocycles. The Labute approximate surface area is 121 Å². The van der Waals surface area contributed by atoms with Crippen LogP contribution in [-0.2, 0) is 11.3 Å². The lowest BCUT2D eigenvalue weighted by Crippen LogP contribution is -2.38. The van der Waals surface area contributed by atoms with Gasteiger partial charge in [-0.05, 0) is 40.2 Å². The van der Waals surface area contributed by atoms with Crippen molar-refractivity contribution in [2.24, 2.45) is 0 Å². The number of likely N-dealkylation sites (tertiary alicyclic amines) is 1. The lowest BCUT2D eigenvalue weighted by molar-refractivity contribution is -0.130. The first-order valence-electron chi connectivity index (χ1n) is 6.48. The van der Waals surface area contributed by atoms with Crippen LogP contribution < -0.4 is 5.32 Å². The first-order valence-corrected chi connectivity index (χ1v) is 8.15. The van der Waals surface area contributed by atoms with Gasteiger partial charge in [0.05, 0.1) is 6.54 Å². The monoisotopic (exact) mass is 330 g/mol. The van der Waals surface area contributed by atoms with E-state index in [1.807, 2.05) is 11.0 Å². The molecule has 3 nitrogen and oxygen atoms in total. The van der Waals surface area contributed by atoms with Crippen molar-refractivity contribution in [1.29, 1.82) is 0 Å². The van der Waals surface area contributed by atoms with E-state index >= 15 is 0 Å². The van der Waals surface area contributed by atoms with Gasteiger partial charge in [-0.15, -0.1) is 11.3 Å².